The Balaban J connectivity index is 2.34. The molecule has 0 unspecified atom stereocenters. The molecule has 0 saturated carbocycles. The summed E-state index contributed by atoms with van der Waals surface area (Å²) in [6, 6.07) is 12.3. The highest BCUT2D eigenvalue weighted by Crippen LogP contribution is 2.30. The molecule has 0 aliphatic rings. The molecule has 19 heavy (non-hydrogen) atoms. The fourth-order valence-corrected chi connectivity index (χ4v) is 2.20. The summed E-state index contributed by atoms with van der Waals surface area (Å²) in [4.78, 5) is 11.6. The molecule has 3 rings (SSSR count). The minimum Gasteiger partial charge on any atom is -0.312 e. The maximum atomic E-state index is 11.6. The van der Waals surface area contributed by atoms with Gasteiger partial charge in [0.2, 0.25) is 0 Å². The van der Waals surface area contributed by atoms with E-state index in [9.17, 15) is 4.79 Å². The van der Waals surface area contributed by atoms with Crippen LogP contribution < -0.4 is 5.63 Å². The Morgan fingerprint density at radius 2 is 1.68 bits per heavy atom. The van der Waals surface area contributed by atoms with Gasteiger partial charge in [-0.2, -0.15) is 0 Å². The summed E-state index contributed by atoms with van der Waals surface area (Å²) < 4.78 is 4.81. The number of rotatable bonds is 1. The van der Waals surface area contributed by atoms with E-state index in [1.54, 1.807) is 30.3 Å². The standard InChI is InChI=1S/C14H7Cl2NO2/c15-11-6-5-8(7-12(11)16)13-9-3-1-2-4-10(9)14(18)19-17-13/h1-7H. The molecule has 5 heteroatoms. The SMILES string of the molecule is O=c1onc(-c2ccc(Cl)c(Cl)c2)c2ccccc12. The van der Waals surface area contributed by atoms with Crippen LogP contribution in [0.25, 0.3) is 22.0 Å². The average Bonchev–Trinajstić information content (AvgIpc) is 2.43. The van der Waals surface area contributed by atoms with Gasteiger partial charge in [0.15, 0.2) is 0 Å². The van der Waals surface area contributed by atoms with Crippen LogP contribution in [0.2, 0.25) is 10.0 Å². The number of hydrogen-bond donors (Lipinski definition) is 0. The van der Waals surface area contributed by atoms with E-state index in [4.69, 9.17) is 27.7 Å². The molecule has 0 saturated heterocycles. The summed E-state index contributed by atoms with van der Waals surface area (Å²) in [7, 11) is 0. The number of nitrogens with zero attached hydrogens (tertiary/aromatic N) is 1. The van der Waals surface area contributed by atoms with Gasteiger partial charge in [-0.1, -0.05) is 52.6 Å². The molecule has 3 aromatic rings. The number of hydrogen-bond acceptors (Lipinski definition) is 3. The Morgan fingerprint density at radius 1 is 0.947 bits per heavy atom. The highest BCUT2D eigenvalue weighted by Gasteiger charge is 2.11. The number of halogens is 2. The van der Waals surface area contributed by atoms with E-state index in [2.05, 4.69) is 5.16 Å². The fraction of sp³-hybridized carbons (Fsp3) is 0. The first-order chi connectivity index (χ1) is 9.16. The van der Waals surface area contributed by atoms with Crippen molar-refractivity contribution < 1.29 is 4.52 Å². The van der Waals surface area contributed by atoms with Gasteiger partial charge in [-0.25, -0.2) is 4.79 Å². The van der Waals surface area contributed by atoms with Crippen LogP contribution in [0, 0.1) is 0 Å². The van der Waals surface area contributed by atoms with Crippen molar-refractivity contribution in [1.29, 1.82) is 0 Å². The smallest absolute Gasteiger partial charge is 0.312 e. The summed E-state index contributed by atoms with van der Waals surface area (Å²) in [5.41, 5.74) is 0.850. The van der Waals surface area contributed by atoms with Crippen LogP contribution in [0.3, 0.4) is 0 Å². The maximum Gasteiger partial charge on any atom is 0.366 e. The molecular formula is C14H7Cl2NO2. The lowest BCUT2D eigenvalue weighted by molar-refractivity contribution is 0.380. The van der Waals surface area contributed by atoms with Gasteiger partial charge < -0.3 is 4.52 Å². The molecule has 0 amide bonds. The second-order valence-corrected chi connectivity index (χ2v) is 4.81. The molecule has 0 N–H and O–H groups in total. The molecule has 0 bridgehead atoms. The van der Waals surface area contributed by atoms with Crippen molar-refractivity contribution in [2.75, 3.05) is 0 Å². The molecule has 2 aromatic carbocycles. The fourth-order valence-electron chi connectivity index (χ4n) is 1.90. The molecular weight excluding hydrogens is 285 g/mol. The van der Waals surface area contributed by atoms with E-state index < -0.39 is 5.63 Å². The van der Waals surface area contributed by atoms with Crippen LogP contribution in [0.15, 0.2) is 51.8 Å². The summed E-state index contributed by atoms with van der Waals surface area (Å²) in [5.74, 6) is 0. The lowest BCUT2D eigenvalue weighted by Crippen LogP contribution is -2.02. The molecule has 94 valence electrons. The van der Waals surface area contributed by atoms with E-state index in [-0.39, 0.29) is 0 Å². The first kappa shape index (κ1) is 12.2. The van der Waals surface area contributed by atoms with Gasteiger partial charge >= 0.3 is 5.63 Å². The van der Waals surface area contributed by atoms with Gasteiger partial charge in [-0.05, 0) is 18.2 Å². The van der Waals surface area contributed by atoms with Gasteiger partial charge in [0, 0.05) is 10.9 Å². The Labute approximate surface area is 118 Å². The van der Waals surface area contributed by atoms with Crippen LogP contribution >= 0.6 is 23.2 Å². The molecule has 1 heterocycles. The van der Waals surface area contributed by atoms with Crippen molar-refractivity contribution in [3.63, 3.8) is 0 Å². The molecule has 0 radical (unpaired) electrons. The molecule has 0 spiro atoms. The second kappa shape index (κ2) is 4.68. The molecule has 0 atom stereocenters. The van der Waals surface area contributed by atoms with Crippen molar-refractivity contribution in [1.82, 2.24) is 5.16 Å². The Morgan fingerprint density at radius 3 is 2.42 bits per heavy atom. The third-order valence-electron chi connectivity index (χ3n) is 2.81. The number of fused-ring (bicyclic) bond motifs is 1. The third-order valence-corrected chi connectivity index (χ3v) is 3.55. The van der Waals surface area contributed by atoms with Crippen molar-refractivity contribution >= 4 is 34.0 Å². The first-order valence-corrected chi connectivity index (χ1v) is 6.26. The van der Waals surface area contributed by atoms with Crippen LogP contribution in [0.5, 0.6) is 0 Å². The quantitative estimate of drug-likeness (QED) is 0.676. The molecule has 0 aliphatic heterocycles. The Hall–Kier alpha value is -1.84. The minimum absolute atomic E-state index is 0.427. The molecule has 3 nitrogen and oxygen atoms in total. The number of aromatic nitrogens is 1. The van der Waals surface area contributed by atoms with Gasteiger partial charge in [-0.15, -0.1) is 0 Å². The summed E-state index contributed by atoms with van der Waals surface area (Å²) >= 11 is 11.9. The predicted octanol–water partition coefficient (Wildman–Crippen LogP) is 4.16. The monoisotopic (exact) mass is 291 g/mol. The van der Waals surface area contributed by atoms with Crippen LogP contribution in [-0.2, 0) is 0 Å². The second-order valence-electron chi connectivity index (χ2n) is 3.99. The molecule has 1 aromatic heterocycles. The van der Waals surface area contributed by atoms with Gasteiger partial charge in [0.05, 0.1) is 15.4 Å². The normalized spacial score (nSPS) is 10.8. The zero-order valence-electron chi connectivity index (χ0n) is 9.56. The minimum atomic E-state index is -0.459. The topological polar surface area (TPSA) is 43.1 Å². The maximum absolute atomic E-state index is 11.6. The van der Waals surface area contributed by atoms with Crippen LogP contribution in [0.4, 0.5) is 0 Å². The van der Waals surface area contributed by atoms with Crippen molar-refractivity contribution in [2.24, 2.45) is 0 Å². The summed E-state index contributed by atoms with van der Waals surface area (Å²) in [6.07, 6.45) is 0. The van der Waals surface area contributed by atoms with E-state index in [1.165, 1.54) is 0 Å². The highest BCUT2D eigenvalue weighted by molar-refractivity contribution is 6.42. The van der Waals surface area contributed by atoms with Crippen molar-refractivity contribution in [3.8, 4) is 11.3 Å². The lowest BCUT2D eigenvalue weighted by Gasteiger charge is -2.04. The van der Waals surface area contributed by atoms with E-state index in [1.807, 2.05) is 12.1 Å². The third kappa shape index (κ3) is 2.11. The van der Waals surface area contributed by atoms with Gasteiger partial charge in [0.1, 0.15) is 5.69 Å². The van der Waals surface area contributed by atoms with Gasteiger partial charge in [-0.3, -0.25) is 0 Å². The van der Waals surface area contributed by atoms with Crippen LogP contribution in [0.1, 0.15) is 0 Å². The van der Waals surface area contributed by atoms with E-state index in [0.29, 0.717) is 21.1 Å². The zero-order chi connectivity index (χ0) is 13.4. The van der Waals surface area contributed by atoms with E-state index >= 15 is 0 Å². The summed E-state index contributed by atoms with van der Waals surface area (Å²) in [6.45, 7) is 0. The zero-order valence-corrected chi connectivity index (χ0v) is 11.1. The molecule has 0 aliphatic carbocycles. The first-order valence-electron chi connectivity index (χ1n) is 5.51. The molecule has 0 fully saturated rings. The Kier molecular flexibility index (Phi) is 3.01. The van der Waals surface area contributed by atoms with Gasteiger partial charge in [0.25, 0.3) is 0 Å². The highest BCUT2D eigenvalue weighted by atomic mass is 35.5. The van der Waals surface area contributed by atoms with Crippen molar-refractivity contribution in [2.45, 2.75) is 0 Å². The van der Waals surface area contributed by atoms with Crippen LogP contribution in [-0.4, -0.2) is 5.16 Å². The average molecular weight is 292 g/mol. The largest absolute Gasteiger partial charge is 0.366 e. The lowest BCUT2D eigenvalue weighted by atomic mass is 10.1. The van der Waals surface area contributed by atoms with Crippen molar-refractivity contribution in [3.05, 3.63) is 62.9 Å². The van der Waals surface area contributed by atoms with E-state index in [0.717, 1.165) is 10.9 Å². The Bertz CT molecular complexity index is 827. The summed E-state index contributed by atoms with van der Waals surface area (Å²) in [5, 5.41) is 5.95. The number of benzene rings is 2. The predicted molar refractivity (Wildman–Crippen MR) is 75.7 cm³/mol.